The molecule has 0 radical (unpaired) electrons. The van der Waals surface area contributed by atoms with Crippen LogP contribution in [0.5, 0.6) is 0 Å². The van der Waals surface area contributed by atoms with Gasteiger partial charge in [0.15, 0.2) is 0 Å². The number of aryl methyl sites for hydroxylation is 1. The number of nitrogens with zero attached hydrogens (tertiary/aromatic N) is 2. The van der Waals surface area contributed by atoms with E-state index in [1.54, 1.807) is 11.3 Å². The van der Waals surface area contributed by atoms with Crippen LogP contribution in [0, 0.1) is 6.92 Å². The highest BCUT2D eigenvalue weighted by atomic mass is 32.1. The molecule has 0 saturated heterocycles. The molecule has 3 rings (SSSR count). The van der Waals surface area contributed by atoms with Crippen molar-refractivity contribution < 1.29 is 9.59 Å². The Hall–Kier alpha value is -1.77. The third-order valence-corrected chi connectivity index (χ3v) is 6.03. The first-order valence-corrected chi connectivity index (χ1v) is 9.58. The standard InChI is InChI=1S/C16H20N4O2S2/c1-10-9-24-16(17-10)7-14(21)18-19-15(22)8-20-5-3-13-12(11(20)2)4-6-23-13/h4,6,9,11H,3,5,7-8H2,1-2H3,(H,18,21)(H,19,22). The van der Waals surface area contributed by atoms with Gasteiger partial charge >= 0.3 is 0 Å². The molecular formula is C16H20N4O2S2. The lowest BCUT2D eigenvalue weighted by atomic mass is 10.0. The van der Waals surface area contributed by atoms with Crippen LogP contribution in [0.3, 0.4) is 0 Å². The number of fused-ring (bicyclic) bond motifs is 1. The molecule has 8 heteroatoms. The zero-order chi connectivity index (χ0) is 17.1. The molecule has 1 aliphatic rings. The number of hydrogen-bond acceptors (Lipinski definition) is 6. The van der Waals surface area contributed by atoms with Crippen molar-refractivity contribution in [1.82, 2.24) is 20.7 Å². The van der Waals surface area contributed by atoms with Crippen molar-refractivity contribution in [3.05, 3.63) is 38.0 Å². The molecule has 128 valence electrons. The van der Waals surface area contributed by atoms with Gasteiger partial charge in [0.25, 0.3) is 5.91 Å². The first-order valence-electron chi connectivity index (χ1n) is 7.82. The normalized spacial score (nSPS) is 17.3. The van der Waals surface area contributed by atoms with Crippen LogP contribution in [0.4, 0.5) is 0 Å². The molecular weight excluding hydrogens is 344 g/mol. The third kappa shape index (κ3) is 4.00. The average molecular weight is 364 g/mol. The van der Waals surface area contributed by atoms with Crippen molar-refractivity contribution >= 4 is 34.5 Å². The number of amides is 2. The Morgan fingerprint density at radius 3 is 2.88 bits per heavy atom. The van der Waals surface area contributed by atoms with Gasteiger partial charge in [0, 0.05) is 28.5 Å². The SMILES string of the molecule is Cc1csc(CC(=O)NNC(=O)CN2CCc3sccc3C2C)n1. The fourth-order valence-corrected chi connectivity index (χ4v) is 4.54. The number of thiophene rings is 1. The van der Waals surface area contributed by atoms with E-state index in [0.717, 1.165) is 23.7 Å². The molecule has 1 aliphatic heterocycles. The van der Waals surface area contributed by atoms with Crippen molar-refractivity contribution in [3.63, 3.8) is 0 Å². The van der Waals surface area contributed by atoms with Gasteiger partial charge in [-0.3, -0.25) is 25.3 Å². The molecule has 1 atom stereocenters. The van der Waals surface area contributed by atoms with Gasteiger partial charge < -0.3 is 0 Å². The predicted molar refractivity (Wildman–Crippen MR) is 94.9 cm³/mol. The fraction of sp³-hybridized carbons (Fsp3) is 0.438. The van der Waals surface area contributed by atoms with E-state index in [9.17, 15) is 9.59 Å². The smallest absolute Gasteiger partial charge is 0.252 e. The van der Waals surface area contributed by atoms with Gasteiger partial charge in [-0.25, -0.2) is 4.98 Å². The number of hydrazine groups is 1. The van der Waals surface area contributed by atoms with E-state index in [1.165, 1.54) is 21.8 Å². The number of aromatic nitrogens is 1. The summed E-state index contributed by atoms with van der Waals surface area (Å²) in [4.78, 5) is 31.7. The topological polar surface area (TPSA) is 74.3 Å². The number of nitrogens with one attached hydrogen (secondary N) is 2. The van der Waals surface area contributed by atoms with Crippen LogP contribution >= 0.6 is 22.7 Å². The van der Waals surface area contributed by atoms with E-state index in [0.29, 0.717) is 0 Å². The van der Waals surface area contributed by atoms with E-state index in [-0.39, 0.29) is 30.8 Å². The van der Waals surface area contributed by atoms with Gasteiger partial charge in [-0.2, -0.15) is 0 Å². The summed E-state index contributed by atoms with van der Waals surface area (Å²) in [6.45, 7) is 5.13. The van der Waals surface area contributed by atoms with E-state index >= 15 is 0 Å². The van der Waals surface area contributed by atoms with Crippen molar-refractivity contribution in [2.24, 2.45) is 0 Å². The molecule has 24 heavy (non-hydrogen) atoms. The maximum atomic E-state index is 12.1. The molecule has 0 aromatic carbocycles. The summed E-state index contributed by atoms with van der Waals surface area (Å²) in [5, 5.41) is 4.75. The van der Waals surface area contributed by atoms with Crippen LogP contribution in [0.2, 0.25) is 0 Å². The van der Waals surface area contributed by atoms with Gasteiger partial charge in [0.1, 0.15) is 5.01 Å². The lowest BCUT2D eigenvalue weighted by Crippen LogP contribution is -2.48. The largest absolute Gasteiger partial charge is 0.287 e. The Morgan fingerprint density at radius 1 is 1.33 bits per heavy atom. The van der Waals surface area contributed by atoms with Crippen molar-refractivity contribution in [1.29, 1.82) is 0 Å². The van der Waals surface area contributed by atoms with Crippen molar-refractivity contribution in [2.75, 3.05) is 13.1 Å². The van der Waals surface area contributed by atoms with Gasteiger partial charge in [0.05, 0.1) is 13.0 Å². The molecule has 2 N–H and O–H groups in total. The van der Waals surface area contributed by atoms with Crippen LogP contribution in [0.15, 0.2) is 16.8 Å². The lowest BCUT2D eigenvalue weighted by molar-refractivity contribution is -0.129. The summed E-state index contributed by atoms with van der Waals surface area (Å²) in [6, 6.07) is 2.35. The summed E-state index contributed by atoms with van der Waals surface area (Å²) in [6.07, 6.45) is 1.15. The van der Waals surface area contributed by atoms with Crippen molar-refractivity contribution in [3.8, 4) is 0 Å². The minimum atomic E-state index is -0.260. The molecule has 0 saturated carbocycles. The minimum Gasteiger partial charge on any atom is -0.287 e. The van der Waals surface area contributed by atoms with Crippen LogP contribution < -0.4 is 10.9 Å². The zero-order valence-electron chi connectivity index (χ0n) is 13.7. The Balaban J connectivity index is 1.45. The quantitative estimate of drug-likeness (QED) is 0.812. The van der Waals surface area contributed by atoms with E-state index in [2.05, 4.69) is 39.1 Å². The number of carbonyl (C=O) groups is 2. The second-order valence-corrected chi connectivity index (χ2v) is 7.79. The van der Waals surface area contributed by atoms with Crippen LogP contribution in [-0.2, 0) is 22.4 Å². The minimum absolute atomic E-state index is 0.178. The first kappa shape index (κ1) is 17.1. The summed E-state index contributed by atoms with van der Waals surface area (Å²) in [5.74, 6) is -0.464. The van der Waals surface area contributed by atoms with Crippen LogP contribution in [-0.4, -0.2) is 34.8 Å². The Kier molecular flexibility index (Phi) is 5.27. The zero-order valence-corrected chi connectivity index (χ0v) is 15.3. The predicted octanol–water partition coefficient (Wildman–Crippen LogP) is 1.82. The molecule has 6 nitrogen and oxygen atoms in total. The molecule has 0 spiro atoms. The highest BCUT2D eigenvalue weighted by molar-refractivity contribution is 7.10. The summed E-state index contributed by atoms with van der Waals surface area (Å²) < 4.78 is 0. The summed E-state index contributed by atoms with van der Waals surface area (Å²) >= 11 is 3.22. The van der Waals surface area contributed by atoms with E-state index < -0.39 is 0 Å². The second kappa shape index (κ2) is 7.42. The summed E-state index contributed by atoms with van der Waals surface area (Å²) in [5.41, 5.74) is 7.17. The first-order chi connectivity index (χ1) is 11.5. The Bertz CT molecular complexity index is 740. The number of hydrogen-bond donors (Lipinski definition) is 2. The summed E-state index contributed by atoms with van der Waals surface area (Å²) in [7, 11) is 0. The third-order valence-electron chi connectivity index (χ3n) is 4.07. The molecule has 2 aromatic heterocycles. The molecule has 2 aromatic rings. The molecule has 2 amide bonds. The molecule has 0 bridgehead atoms. The van der Waals surface area contributed by atoms with Gasteiger partial charge in [-0.15, -0.1) is 22.7 Å². The highest BCUT2D eigenvalue weighted by Gasteiger charge is 2.26. The maximum absolute atomic E-state index is 12.1. The second-order valence-electron chi connectivity index (χ2n) is 5.85. The molecule has 0 fully saturated rings. The lowest BCUT2D eigenvalue weighted by Gasteiger charge is -2.32. The van der Waals surface area contributed by atoms with Crippen LogP contribution in [0.25, 0.3) is 0 Å². The Morgan fingerprint density at radius 2 is 2.12 bits per heavy atom. The maximum Gasteiger partial charge on any atom is 0.252 e. The van der Waals surface area contributed by atoms with Gasteiger partial charge in [-0.05, 0) is 37.3 Å². The van der Waals surface area contributed by atoms with Gasteiger partial charge in [-0.1, -0.05) is 0 Å². The monoisotopic (exact) mass is 364 g/mol. The van der Waals surface area contributed by atoms with E-state index in [4.69, 9.17) is 0 Å². The average Bonchev–Trinajstić information content (AvgIpc) is 3.17. The number of rotatable bonds is 4. The molecule has 1 unspecified atom stereocenters. The number of carbonyl (C=O) groups excluding carboxylic acids is 2. The molecule has 3 heterocycles. The number of thiazole rings is 1. The molecule has 0 aliphatic carbocycles. The highest BCUT2D eigenvalue weighted by Crippen LogP contribution is 2.32. The van der Waals surface area contributed by atoms with Gasteiger partial charge in [0.2, 0.25) is 5.91 Å². The fourth-order valence-electron chi connectivity index (χ4n) is 2.81. The van der Waals surface area contributed by atoms with Crippen LogP contribution in [0.1, 0.15) is 34.1 Å². The van der Waals surface area contributed by atoms with Crippen molar-refractivity contribution in [2.45, 2.75) is 32.7 Å². The Labute approximate surface area is 148 Å². The van der Waals surface area contributed by atoms with E-state index in [1.807, 2.05) is 12.3 Å².